The number of methoxy groups -OCH3 is 1. The second-order valence-electron chi connectivity index (χ2n) is 6.81. The molecule has 0 bridgehead atoms. The van der Waals surface area contributed by atoms with E-state index >= 15 is 0 Å². The fourth-order valence-corrected chi connectivity index (χ4v) is 4.25. The molecule has 11 heteroatoms. The van der Waals surface area contributed by atoms with Crippen molar-refractivity contribution in [2.45, 2.75) is 6.18 Å². The minimum absolute atomic E-state index is 0.0483. The SMILES string of the molecule is COC(=O)c1ccccc1NC(=O)c1sc2nc(-c3cccnc3)cc(C(F)(F)F)c2c1N. The molecule has 1 aromatic carbocycles. The number of rotatable bonds is 4. The highest BCUT2D eigenvalue weighted by molar-refractivity contribution is 7.21. The number of nitrogens with two attached hydrogens (primary N) is 1. The number of ether oxygens (including phenoxy) is 1. The second kappa shape index (κ2) is 8.51. The number of halogens is 3. The lowest BCUT2D eigenvalue weighted by atomic mass is 10.1. The molecule has 0 aliphatic heterocycles. The van der Waals surface area contributed by atoms with Gasteiger partial charge in [0.25, 0.3) is 5.91 Å². The van der Waals surface area contributed by atoms with Gasteiger partial charge in [0.05, 0.1) is 35.3 Å². The van der Waals surface area contributed by atoms with Gasteiger partial charge in [-0.25, -0.2) is 9.78 Å². The Morgan fingerprint density at radius 3 is 2.58 bits per heavy atom. The molecule has 3 N–H and O–H groups in total. The zero-order valence-electron chi connectivity index (χ0n) is 16.9. The van der Waals surface area contributed by atoms with Crippen molar-refractivity contribution >= 4 is 44.8 Å². The lowest BCUT2D eigenvalue weighted by Gasteiger charge is -2.11. The van der Waals surface area contributed by atoms with Gasteiger partial charge < -0.3 is 15.8 Å². The highest BCUT2D eigenvalue weighted by Crippen LogP contribution is 2.43. The number of hydrogen-bond donors (Lipinski definition) is 2. The smallest absolute Gasteiger partial charge is 0.417 e. The molecule has 0 fully saturated rings. The third-order valence-corrected chi connectivity index (χ3v) is 5.85. The predicted molar refractivity (Wildman–Crippen MR) is 118 cm³/mol. The lowest BCUT2D eigenvalue weighted by molar-refractivity contribution is -0.136. The molecule has 3 heterocycles. The zero-order chi connectivity index (χ0) is 23.8. The third kappa shape index (κ3) is 4.22. The number of fused-ring (bicyclic) bond motifs is 1. The maximum atomic E-state index is 13.9. The number of anilines is 2. The normalized spacial score (nSPS) is 11.4. The number of nitrogens with zero attached hydrogens (tertiary/aromatic N) is 2. The van der Waals surface area contributed by atoms with Crippen LogP contribution in [0.3, 0.4) is 0 Å². The van der Waals surface area contributed by atoms with E-state index in [4.69, 9.17) is 10.5 Å². The van der Waals surface area contributed by atoms with Crippen molar-refractivity contribution in [2.24, 2.45) is 0 Å². The summed E-state index contributed by atoms with van der Waals surface area (Å²) in [6.45, 7) is 0. The van der Waals surface area contributed by atoms with Crippen molar-refractivity contribution in [3.05, 3.63) is 70.9 Å². The average molecular weight is 472 g/mol. The van der Waals surface area contributed by atoms with Crippen LogP contribution in [0.4, 0.5) is 24.5 Å². The highest BCUT2D eigenvalue weighted by atomic mass is 32.1. The predicted octanol–water partition coefficient (Wildman–Crippen LogP) is 5.00. The van der Waals surface area contributed by atoms with E-state index < -0.39 is 23.6 Å². The van der Waals surface area contributed by atoms with Crippen LogP contribution in [0.25, 0.3) is 21.5 Å². The molecule has 0 radical (unpaired) electrons. The Bertz CT molecular complexity index is 1370. The van der Waals surface area contributed by atoms with E-state index in [1.54, 1.807) is 24.3 Å². The van der Waals surface area contributed by atoms with E-state index in [9.17, 15) is 22.8 Å². The van der Waals surface area contributed by atoms with Crippen molar-refractivity contribution < 1.29 is 27.5 Å². The van der Waals surface area contributed by atoms with Gasteiger partial charge in [-0.15, -0.1) is 11.3 Å². The van der Waals surface area contributed by atoms with Gasteiger partial charge in [0.15, 0.2) is 0 Å². The van der Waals surface area contributed by atoms with Crippen LogP contribution in [-0.4, -0.2) is 29.0 Å². The van der Waals surface area contributed by atoms with E-state index in [1.165, 1.54) is 31.6 Å². The Hall–Kier alpha value is -3.99. The van der Waals surface area contributed by atoms with E-state index in [-0.39, 0.29) is 37.7 Å². The molecule has 0 atom stereocenters. The number of alkyl halides is 3. The summed E-state index contributed by atoms with van der Waals surface area (Å²) in [5.74, 6) is -1.46. The van der Waals surface area contributed by atoms with Crippen LogP contribution >= 0.6 is 11.3 Å². The molecule has 4 aromatic rings. The number of carbonyl (C=O) groups is 2. The van der Waals surface area contributed by atoms with Gasteiger partial charge in [0.1, 0.15) is 9.71 Å². The van der Waals surface area contributed by atoms with E-state index in [0.29, 0.717) is 5.56 Å². The van der Waals surface area contributed by atoms with E-state index in [2.05, 4.69) is 15.3 Å². The Labute approximate surface area is 189 Å². The summed E-state index contributed by atoms with van der Waals surface area (Å²) < 4.78 is 46.3. The number of amides is 1. The van der Waals surface area contributed by atoms with Crippen molar-refractivity contribution in [3.63, 3.8) is 0 Å². The van der Waals surface area contributed by atoms with E-state index in [1.807, 2.05) is 0 Å². The number of para-hydroxylation sites is 1. The first kappa shape index (κ1) is 22.2. The fraction of sp³-hybridized carbons (Fsp3) is 0.0909. The van der Waals surface area contributed by atoms with Gasteiger partial charge in [-0.05, 0) is 30.3 Å². The summed E-state index contributed by atoms with van der Waals surface area (Å²) in [6.07, 6.45) is -1.86. The minimum Gasteiger partial charge on any atom is -0.465 e. The topological polar surface area (TPSA) is 107 Å². The molecule has 7 nitrogen and oxygen atoms in total. The minimum atomic E-state index is -4.74. The summed E-state index contributed by atoms with van der Waals surface area (Å²) in [4.78, 5) is 32.9. The molecule has 0 saturated heterocycles. The Kier molecular flexibility index (Phi) is 5.73. The fourth-order valence-electron chi connectivity index (χ4n) is 3.23. The van der Waals surface area contributed by atoms with Gasteiger partial charge in [-0.3, -0.25) is 9.78 Å². The molecule has 0 unspecified atom stereocenters. The molecule has 0 spiro atoms. The molecular weight excluding hydrogens is 457 g/mol. The molecule has 0 saturated carbocycles. The van der Waals surface area contributed by atoms with Gasteiger partial charge in [0.2, 0.25) is 0 Å². The molecule has 3 aromatic heterocycles. The Balaban J connectivity index is 1.83. The molecule has 1 amide bonds. The number of hydrogen-bond acceptors (Lipinski definition) is 7. The summed E-state index contributed by atoms with van der Waals surface area (Å²) in [5, 5.41) is 2.16. The van der Waals surface area contributed by atoms with Crippen LogP contribution in [0.5, 0.6) is 0 Å². The van der Waals surface area contributed by atoms with Crippen molar-refractivity contribution in [3.8, 4) is 11.3 Å². The van der Waals surface area contributed by atoms with E-state index in [0.717, 1.165) is 17.4 Å². The van der Waals surface area contributed by atoms with Crippen LogP contribution in [0.15, 0.2) is 54.9 Å². The van der Waals surface area contributed by atoms with Crippen LogP contribution in [0.1, 0.15) is 25.6 Å². The summed E-state index contributed by atoms with van der Waals surface area (Å²) >= 11 is 0.726. The monoisotopic (exact) mass is 472 g/mol. The molecular formula is C22H15F3N4O3S. The first-order valence-corrected chi connectivity index (χ1v) is 10.2. The summed E-state index contributed by atoms with van der Waals surface area (Å²) in [6, 6.07) is 10.1. The number of pyridine rings is 2. The zero-order valence-corrected chi connectivity index (χ0v) is 17.8. The summed E-state index contributed by atoms with van der Waals surface area (Å²) in [7, 11) is 1.19. The second-order valence-corrected chi connectivity index (χ2v) is 7.81. The first-order valence-electron chi connectivity index (χ1n) is 9.40. The van der Waals surface area contributed by atoms with Gasteiger partial charge >= 0.3 is 12.1 Å². The maximum absolute atomic E-state index is 13.9. The van der Waals surface area contributed by atoms with Crippen molar-refractivity contribution in [2.75, 3.05) is 18.2 Å². The van der Waals surface area contributed by atoms with Gasteiger partial charge in [-0.2, -0.15) is 13.2 Å². The first-order chi connectivity index (χ1) is 15.7. The number of carbonyl (C=O) groups excluding carboxylic acids is 2. The molecule has 33 heavy (non-hydrogen) atoms. The average Bonchev–Trinajstić information content (AvgIpc) is 3.14. The lowest BCUT2D eigenvalue weighted by Crippen LogP contribution is -2.15. The third-order valence-electron chi connectivity index (χ3n) is 4.75. The number of thiophene rings is 1. The van der Waals surface area contributed by atoms with Crippen molar-refractivity contribution in [1.82, 2.24) is 9.97 Å². The van der Waals surface area contributed by atoms with Gasteiger partial charge in [-0.1, -0.05) is 12.1 Å². The van der Waals surface area contributed by atoms with Crippen LogP contribution in [-0.2, 0) is 10.9 Å². The van der Waals surface area contributed by atoms with Crippen LogP contribution < -0.4 is 11.1 Å². The Morgan fingerprint density at radius 2 is 1.91 bits per heavy atom. The molecule has 0 aliphatic rings. The number of benzene rings is 1. The highest BCUT2D eigenvalue weighted by Gasteiger charge is 2.36. The van der Waals surface area contributed by atoms with Crippen LogP contribution in [0, 0.1) is 0 Å². The molecule has 0 aliphatic carbocycles. The molecule has 168 valence electrons. The Morgan fingerprint density at radius 1 is 1.15 bits per heavy atom. The number of nitrogen functional groups attached to an aromatic ring is 1. The number of esters is 1. The summed E-state index contributed by atoms with van der Waals surface area (Å²) in [5.41, 5.74) is 5.30. The number of nitrogens with one attached hydrogen (secondary N) is 1. The number of aromatic nitrogens is 2. The quantitative estimate of drug-likeness (QED) is 0.405. The molecule has 4 rings (SSSR count). The largest absolute Gasteiger partial charge is 0.465 e. The standard InChI is InChI=1S/C22H15F3N4O3S/c1-32-21(31)12-6-2-3-7-14(12)28-19(30)18-17(26)16-13(22(23,24)25)9-15(29-20(16)33-18)11-5-4-8-27-10-11/h2-10H,26H2,1H3,(H,28,30). The van der Waals surface area contributed by atoms with Crippen LogP contribution in [0.2, 0.25) is 0 Å². The van der Waals surface area contributed by atoms with Crippen molar-refractivity contribution in [1.29, 1.82) is 0 Å². The van der Waals surface area contributed by atoms with Gasteiger partial charge in [0, 0.05) is 23.3 Å². The maximum Gasteiger partial charge on any atom is 0.417 e.